The first-order valence-corrected chi connectivity index (χ1v) is 9.86. The number of hydrogen-bond acceptors (Lipinski definition) is 8. The molecule has 0 saturated heterocycles. The maximum absolute atomic E-state index is 13.3. The zero-order valence-electron chi connectivity index (χ0n) is 16.2. The van der Waals surface area contributed by atoms with E-state index in [1.807, 2.05) is 6.07 Å². The van der Waals surface area contributed by atoms with Gasteiger partial charge in [0.15, 0.2) is 5.41 Å². The van der Waals surface area contributed by atoms with E-state index >= 15 is 0 Å². The van der Waals surface area contributed by atoms with Gasteiger partial charge in [-0.2, -0.15) is 5.26 Å². The topological polar surface area (TPSA) is 141 Å². The molecule has 0 aromatic heterocycles. The second-order valence-corrected chi connectivity index (χ2v) is 7.26. The molecule has 30 heavy (non-hydrogen) atoms. The van der Waals surface area contributed by atoms with E-state index in [1.165, 1.54) is 0 Å². The van der Waals surface area contributed by atoms with Gasteiger partial charge in [0.1, 0.15) is 29.4 Å². The average molecular weight is 476 g/mol. The quantitative estimate of drug-likeness (QED) is 0.616. The molecular formula is C20H18BrN3O6. The van der Waals surface area contributed by atoms with E-state index in [9.17, 15) is 19.6 Å². The molecule has 2 aliphatic heterocycles. The molecule has 2 heterocycles. The molecule has 0 saturated carbocycles. The summed E-state index contributed by atoms with van der Waals surface area (Å²) in [5.41, 5.74) is 4.21. The molecule has 1 aromatic carbocycles. The monoisotopic (exact) mass is 475 g/mol. The predicted molar refractivity (Wildman–Crippen MR) is 107 cm³/mol. The first-order valence-electron chi connectivity index (χ1n) is 9.07. The third kappa shape index (κ3) is 3.21. The molecule has 3 N–H and O–H groups in total. The van der Waals surface area contributed by atoms with Gasteiger partial charge < -0.3 is 25.3 Å². The minimum atomic E-state index is -1.93. The van der Waals surface area contributed by atoms with Crippen molar-refractivity contribution in [2.45, 2.75) is 25.7 Å². The summed E-state index contributed by atoms with van der Waals surface area (Å²) < 4.78 is 16.2. The predicted octanol–water partition coefficient (Wildman–Crippen LogP) is 2.13. The minimum absolute atomic E-state index is 0.000850. The lowest BCUT2D eigenvalue weighted by Crippen LogP contribution is -2.46. The van der Waals surface area contributed by atoms with E-state index in [2.05, 4.69) is 21.2 Å². The number of nitriles is 1. The molecule has 1 atom stereocenters. The number of benzene rings is 1. The fourth-order valence-electron chi connectivity index (χ4n) is 3.60. The van der Waals surface area contributed by atoms with Gasteiger partial charge >= 0.3 is 11.9 Å². The van der Waals surface area contributed by atoms with Gasteiger partial charge in [-0.15, -0.1) is 0 Å². The van der Waals surface area contributed by atoms with E-state index in [-0.39, 0.29) is 36.0 Å². The zero-order chi connectivity index (χ0) is 22.1. The van der Waals surface area contributed by atoms with E-state index in [0.29, 0.717) is 15.7 Å². The van der Waals surface area contributed by atoms with Gasteiger partial charge in [-0.1, -0.05) is 15.9 Å². The van der Waals surface area contributed by atoms with Crippen LogP contribution in [0, 0.1) is 11.3 Å². The van der Waals surface area contributed by atoms with Gasteiger partial charge in [0, 0.05) is 15.7 Å². The first kappa shape index (κ1) is 21.4. The maximum Gasteiger partial charge on any atom is 0.339 e. The Balaban J connectivity index is 2.37. The molecule has 0 radical (unpaired) electrons. The van der Waals surface area contributed by atoms with E-state index in [4.69, 9.17) is 19.9 Å². The number of esters is 2. The van der Waals surface area contributed by atoms with Crippen molar-refractivity contribution in [3.05, 3.63) is 51.0 Å². The van der Waals surface area contributed by atoms with Crippen molar-refractivity contribution in [2.24, 2.45) is 5.73 Å². The largest absolute Gasteiger partial charge is 0.466 e. The standard InChI is InChI=1S/C20H18BrN3O6/c1-3-28-15(25)8-14-16(18(26)29-4-2)20(12(9-22)17(23)30-14)11-7-10(21)5-6-13(11)24-19(20)27/h5-7H,3-4,8,23H2,1-2H3,(H,24,27)/t20-/m1/s1. The van der Waals surface area contributed by atoms with Crippen molar-refractivity contribution >= 4 is 39.5 Å². The Bertz CT molecular complexity index is 1060. The maximum atomic E-state index is 13.3. The number of nitrogens with two attached hydrogens (primary N) is 1. The van der Waals surface area contributed by atoms with Crippen LogP contribution in [0.4, 0.5) is 5.69 Å². The summed E-state index contributed by atoms with van der Waals surface area (Å²) in [5, 5.41) is 12.5. The van der Waals surface area contributed by atoms with Crippen LogP contribution in [0.3, 0.4) is 0 Å². The molecule has 156 valence electrons. The number of carbonyl (C=O) groups excluding carboxylic acids is 3. The van der Waals surface area contributed by atoms with E-state index < -0.39 is 29.7 Å². The van der Waals surface area contributed by atoms with Crippen LogP contribution >= 0.6 is 15.9 Å². The SMILES string of the molecule is CCOC(=O)CC1=C(C(=O)OCC)[C@]2(C(=O)Nc3ccc(Br)cc32)C(C#N)=C(N)O1. The van der Waals surface area contributed by atoms with Crippen LogP contribution in [-0.4, -0.2) is 31.1 Å². The lowest BCUT2D eigenvalue weighted by molar-refractivity contribution is -0.143. The highest BCUT2D eigenvalue weighted by atomic mass is 79.9. The van der Waals surface area contributed by atoms with Crippen LogP contribution < -0.4 is 11.1 Å². The Hall–Kier alpha value is -3.32. The molecule has 0 bridgehead atoms. The highest BCUT2D eigenvalue weighted by Crippen LogP contribution is 2.52. The number of halogens is 1. The molecule has 0 unspecified atom stereocenters. The van der Waals surface area contributed by atoms with E-state index in [1.54, 1.807) is 32.0 Å². The number of nitrogens with one attached hydrogen (secondary N) is 1. The average Bonchev–Trinajstić information content (AvgIpc) is 2.94. The minimum Gasteiger partial charge on any atom is -0.466 e. The van der Waals surface area contributed by atoms with Crippen molar-refractivity contribution in [1.29, 1.82) is 5.26 Å². The molecule has 3 rings (SSSR count). The molecule has 10 heteroatoms. The molecular weight excluding hydrogens is 458 g/mol. The highest BCUT2D eigenvalue weighted by molar-refractivity contribution is 9.10. The second-order valence-electron chi connectivity index (χ2n) is 6.35. The lowest BCUT2D eigenvalue weighted by atomic mass is 9.68. The summed E-state index contributed by atoms with van der Waals surface area (Å²) in [6, 6.07) is 6.82. The van der Waals surface area contributed by atoms with Crippen molar-refractivity contribution in [3.8, 4) is 6.07 Å². The van der Waals surface area contributed by atoms with E-state index in [0.717, 1.165) is 0 Å². The van der Waals surface area contributed by atoms with Crippen LogP contribution in [0.15, 0.2) is 45.5 Å². The smallest absolute Gasteiger partial charge is 0.339 e. The normalized spacial score (nSPS) is 19.7. The number of carbonyl (C=O) groups is 3. The fourth-order valence-corrected chi connectivity index (χ4v) is 3.96. The number of fused-ring (bicyclic) bond motifs is 2. The Morgan fingerprint density at radius 2 is 2.00 bits per heavy atom. The second kappa shape index (κ2) is 8.20. The number of anilines is 1. The van der Waals surface area contributed by atoms with Crippen molar-refractivity contribution in [3.63, 3.8) is 0 Å². The zero-order valence-corrected chi connectivity index (χ0v) is 17.8. The Morgan fingerprint density at radius 3 is 2.63 bits per heavy atom. The van der Waals surface area contributed by atoms with Gasteiger partial charge in [0.2, 0.25) is 11.8 Å². The van der Waals surface area contributed by atoms with Crippen LogP contribution in [0.5, 0.6) is 0 Å². The van der Waals surface area contributed by atoms with Gasteiger partial charge in [0.05, 0.1) is 13.2 Å². The summed E-state index contributed by atoms with van der Waals surface area (Å²) in [6.45, 7) is 3.33. The molecule has 2 aliphatic rings. The Labute approximate surface area is 180 Å². The summed E-state index contributed by atoms with van der Waals surface area (Å²) in [6.07, 6.45) is -0.472. The number of nitrogens with zero attached hydrogens (tertiary/aromatic N) is 1. The van der Waals surface area contributed by atoms with Crippen molar-refractivity contribution in [1.82, 2.24) is 0 Å². The van der Waals surface area contributed by atoms with Crippen molar-refractivity contribution in [2.75, 3.05) is 18.5 Å². The van der Waals surface area contributed by atoms with Crippen LogP contribution in [0.25, 0.3) is 0 Å². The Kier molecular flexibility index (Phi) is 5.85. The van der Waals surface area contributed by atoms with Gasteiger partial charge in [0.25, 0.3) is 0 Å². The molecule has 0 fully saturated rings. The van der Waals surface area contributed by atoms with Crippen LogP contribution in [0.1, 0.15) is 25.8 Å². The highest BCUT2D eigenvalue weighted by Gasteiger charge is 2.60. The van der Waals surface area contributed by atoms with Crippen LogP contribution in [0.2, 0.25) is 0 Å². The van der Waals surface area contributed by atoms with Gasteiger partial charge in [-0.3, -0.25) is 9.59 Å². The number of amides is 1. The summed E-state index contributed by atoms with van der Waals surface area (Å²) >= 11 is 3.35. The van der Waals surface area contributed by atoms with Gasteiger partial charge in [-0.25, -0.2) is 4.79 Å². The van der Waals surface area contributed by atoms with Gasteiger partial charge in [-0.05, 0) is 32.0 Å². The molecule has 1 aromatic rings. The first-order chi connectivity index (χ1) is 14.3. The summed E-state index contributed by atoms with van der Waals surface area (Å²) in [5.74, 6) is -2.85. The van der Waals surface area contributed by atoms with Crippen molar-refractivity contribution < 1.29 is 28.6 Å². The molecule has 9 nitrogen and oxygen atoms in total. The fraction of sp³-hybridized carbons (Fsp3) is 0.300. The summed E-state index contributed by atoms with van der Waals surface area (Å²) in [4.78, 5) is 38.5. The third-order valence-electron chi connectivity index (χ3n) is 4.68. The third-order valence-corrected chi connectivity index (χ3v) is 5.18. The molecule has 0 aliphatic carbocycles. The molecule has 1 spiro atoms. The molecule has 1 amide bonds. The Morgan fingerprint density at radius 1 is 1.30 bits per heavy atom. The number of ether oxygens (including phenoxy) is 3. The van der Waals surface area contributed by atoms with Crippen LogP contribution in [-0.2, 0) is 34.0 Å². The number of rotatable bonds is 5. The summed E-state index contributed by atoms with van der Waals surface area (Å²) in [7, 11) is 0. The lowest BCUT2D eigenvalue weighted by Gasteiger charge is -2.34. The number of hydrogen-bond donors (Lipinski definition) is 2.